The monoisotopic (exact) mass is 1610 g/mol. The molecule has 0 aliphatic rings. The van der Waals surface area contributed by atoms with Crippen LogP contribution in [0, 0.1) is 0 Å². The largest absolute Gasteiger partial charge is 0.522 e. The second kappa shape index (κ2) is 74.0. The molecule has 9 heteroatoms. The molecule has 0 saturated carbocycles. The third kappa shape index (κ3) is 53.3. The van der Waals surface area contributed by atoms with Crippen LogP contribution in [0.4, 0.5) is 13.2 Å². The van der Waals surface area contributed by atoms with Crippen molar-refractivity contribution in [2.24, 2.45) is 0 Å². The molecule has 0 aliphatic heterocycles. The molecule has 0 amide bonds. The Morgan fingerprint density at radius 1 is 0.274 bits per heavy atom. The SMILES string of the molecule is CCCCCCCCCCCCCCCCc1c(CCCCCCCCCCCCCCCC)c(CCCCCCCCCCCCCCCC)c(P(c2ccccc2)c2ccccc2-c2ccncc2)c(CCCCCCCCCCCCCCCC)c1CCCCCCCCCCCCCCCC.O=S(=O)(O)C(F)(F)F. The van der Waals surface area contributed by atoms with Crippen LogP contribution in [0.25, 0.3) is 11.1 Å². The molecule has 0 aliphatic carbocycles. The van der Waals surface area contributed by atoms with E-state index >= 15 is 0 Å². The van der Waals surface area contributed by atoms with E-state index in [0.717, 1.165) is 0 Å². The van der Waals surface area contributed by atoms with Crippen molar-refractivity contribution in [1.29, 1.82) is 0 Å². The molecule has 4 rings (SSSR count). The molecule has 0 radical (unpaired) electrons. The van der Waals surface area contributed by atoms with Crippen LogP contribution >= 0.6 is 7.92 Å². The van der Waals surface area contributed by atoms with E-state index < -0.39 is 23.5 Å². The van der Waals surface area contributed by atoms with Crippen LogP contribution in [0.3, 0.4) is 0 Å². The number of hydrogen-bond donors (Lipinski definition) is 1. The summed E-state index contributed by atoms with van der Waals surface area (Å²) in [6.45, 7) is 11.7. The third-order valence-corrected chi connectivity index (χ3v) is 27.9. The van der Waals surface area contributed by atoms with Gasteiger partial charge >= 0.3 is 15.6 Å². The second-order valence-electron chi connectivity index (χ2n) is 34.8. The smallest absolute Gasteiger partial charge is 0.279 e. The molecule has 1 unspecified atom stereocenters. The molecule has 0 spiro atoms. The predicted octanol–water partition coefficient (Wildman–Crippen LogP) is 35.0. The van der Waals surface area contributed by atoms with Crippen molar-refractivity contribution in [3.63, 3.8) is 0 Å². The topological polar surface area (TPSA) is 67.3 Å². The van der Waals surface area contributed by atoms with Gasteiger partial charge in [-0.3, -0.25) is 9.54 Å². The van der Waals surface area contributed by atoms with Crippen molar-refractivity contribution in [1.82, 2.24) is 4.98 Å². The summed E-state index contributed by atoms with van der Waals surface area (Å²) in [4.78, 5) is 4.63. The van der Waals surface area contributed by atoms with Crippen molar-refractivity contribution < 1.29 is 26.1 Å². The molecule has 1 atom stereocenters. The molecule has 0 saturated heterocycles. The molecule has 650 valence electrons. The van der Waals surface area contributed by atoms with Crippen molar-refractivity contribution in [2.75, 3.05) is 0 Å². The zero-order chi connectivity index (χ0) is 81.3. The first-order chi connectivity index (χ1) is 55.4. The van der Waals surface area contributed by atoms with E-state index in [1.807, 2.05) is 45.5 Å². The van der Waals surface area contributed by atoms with E-state index in [2.05, 4.69) is 106 Å². The molecular weight excluding hydrogens is 1430 g/mol. The highest BCUT2D eigenvalue weighted by atomic mass is 32.2. The first kappa shape index (κ1) is 104. The van der Waals surface area contributed by atoms with Crippen LogP contribution < -0.4 is 15.9 Å². The number of alkyl halides is 3. The van der Waals surface area contributed by atoms with Gasteiger partial charge in [0.15, 0.2) is 0 Å². The first-order valence-corrected chi connectivity index (χ1v) is 52.3. The predicted molar refractivity (Wildman–Crippen MR) is 496 cm³/mol. The quantitative estimate of drug-likeness (QED) is 0.0207. The van der Waals surface area contributed by atoms with Gasteiger partial charge < -0.3 is 0 Å². The summed E-state index contributed by atoms with van der Waals surface area (Å²) < 4.78 is 57.5. The number of hydrogen-bond acceptors (Lipinski definition) is 3. The van der Waals surface area contributed by atoms with Gasteiger partial charge in [0.25, 0.3) is 0 Å². The molecule has 3 aromatic carbocycles. The van der Waals surface area contributed by atoms with E-state index in [1.165, 1.54) is 493 Å². The summed E-state index contributed by atoms with van der Waals surface area (Å²) in [6.07, 6.45) is 110. The number of unbranched alkanes of at least 4 members (excludes halogenated alkanes) is 65. The molecule has 0 fully saturated rings. The Balaban J connectivity index is 0.00000390. The molecule has 1 N–H and O–H groups in total. The Bertz CT molecular complexity index is 2760. The number of aromatic nitrogens is 1. The van der Waals surface area contributed by atoms with Gasteiger partial charge in [0.05, 0.1) is 0 Å². The zero-order valence-electron chi connectivity index (χ0n) is 74.7. The molecule has 0 bridgehead atoms. The second-order valence-corrected chi connectivity index (χ2v) is 38.3. The summed E-state index contributed by atoms with van der Waals surface area (Å²) in [5, 5.41) is 4.97. The molecule has 113 heavy (non-hydrogen) atoms. The Morgan fingerprint density at radius 2 is 0.469 bits per heavy atom. The minimum atomic E-state index is -5.84. The maximum atomic E-state index is 10.7. The zero-order valence-corrected chi connectivity index (χ0v) is 76.4. The summed E-state index contributed by atoms with van der Waals surface area (Å²) >= 11 is 0. The standard InChI is InChI=1S/C103H178NP.CHF3O3S/c1-6-11-16-21-26-31-36-41-46-51-56-61-66-74-84-97-98(85-75-67-62-57-52-47-42-37-32-27-22-17-12-7-2)100(87-77-69-64-59-54-49-44-39-34-29-24-19-14-9-4)103(105(95-81-72-71-73-82-95)102-89-80-79-83-96(102)94-90-92-104-93-91-94)101(88-78-70-65-60-55-50-45-40-35-30-25-20-15-10-5)99(97)86-76-68-63-58-53-48-43-38-33-28-23-18-13-8-3;2-1(3,4)8(5,6)7/h71-73,79-83,89-93H,6-70,74-78,84-88H2,1-5H3;(H,5,6,7). The molecular formula is C104H179F3NO3PS. The van der Waals surface area contributed by atoms with Gasteiger partial charge in [-0.15, -0.1) is 0 Å². The van der Waals surface area contributed by atoms with Crippen molar-refractivity contribution in [3.8, 4) is 11.1 Å². The highest BCUT2D eigenvalue weighted by molar-refractivity contribution is 7.86. The lowest BCUT2D eigenvalue weighted by Gasteiger charge is -2.33. The van der Waals surface area contributed by atoms with E-state index in [1.54, 1.807) is 10.6 Å². The minimum absolute atomic E-state index is 0.891. The Morgan fingerprint density at radius 3 is 0.699 bits per heavy atom. The fourth-order valence-electron chi connectivity index (χ4n) is 17.6. The first-order valence-electron chi connectivity index (χ1n) is 49.5. The Kier molecular flexibility index (Phi) is 68.2. The lowest BCUT2D eigenvalue weighted by molar-refractivity contribution is -0.0510. The van der Waals surface area contributed by atoms with E-state index in [9.17, 15) is 13.2 Å². The summed E-state index contributed by atoms with van der Waals surface area (Å²) in [7, 11) is -6.73. The summed E-state index contributed by atoms with van der Waals surface area (Å²) in [5.41, 5.74) is 6.58. The summed E-state index contributed by atoms with van der Waals surface area (Å²) in [5.74, 6) is 0. The van der Waals surface area contributed by atoms with Crippen LogP contribution in [0.15, 0.2) is 79.1 Å². The van der Waals surface area contributed by atoms with Crippen molar-refractivity contribution in [3.05, 3.63) is 107 Å². The van der Waals surface area contributed by atoms with Gasteiger partial charge in [0, 0.05) is 12.4 Å². The maximum absolute atomic E-state index is 10.7. The van der Waals surface area contributed by atoms with Crippen LogP contribution in [-0.4, -0.2) is 23.5 Å². The van der Waals surface area contributed by atoms with Gasteiger partial charge in [-0.05, 0) is 139 Å². The number of nitrogens with zero attached hydrogens (tertiary/aromatic N) is 1. The van der Waals surface area contributed by atoms with Gasteiger partial charge in [0.2, 0.25) is 0 Å². The highest BCUT2D eigenvalue weighted by Gasteiger charge is 2.44. The van der Waals surface area contributed by atoms with Crippen molar-refractivity contribution in [2.45, 2.75) is 522 Å². The van der Waals surface area contributed by atoms with E-state index in [-0.39, 0.29) is 0 Å². The number of benzene rings is 3. The number of rotatable bonds is 79. The average molecular weight is 1610 g/mol. The number of halogens is 3. The van der Waals surface area contributed by atoms with Gasteiger partial charge in [-0.2, -0.15) is 21.6 Å². The van der Waals surface area contributed by atoms with Crippen LogP contribution in [-0.2, 0) is 42.2 Å². The van der Waals surface area contributed by atoms with Gasteiger partial charge in [-0.1, -0.05) is 507 Å². The highest BCUT2D eigenvalue weighted by Crippen LogP contribution is 2.44. The molecule has 1 aromatic heterocycles. The van der Waals surface area contributed by atoms with Gasteiger partial charge in [-0.25, -0.2) is 0 Å². The normalized spacial score (nSPS) is 12.2. The Labute approximate surface area is 700 Å². The fraction of sp³-hybridized carbons (Fsp3) is 0.779. The lowest BCUT2D eigenvalue weighted by Crippen LogP contribution is -2.31. The van der Waals surface area contributed by atoms with E-state index in [4.69, 9.17) is 13.0 Å². The number of pyridine rings is 1. The Hall–Kier alpha value is -3.06. The minimum Gasteiger partial charge on any atom is -0.279 e. The van der Waals surface area contributed by atoms with Crippen LogP contribution in [0.2, 0.25) is 0 Å². The lowest BCUT2D eigenvalue weighted by atomic mass is 9.81. The fourth-order valence-corrected chi connectivity index (χ4v) is 20.6. The van der Waals surface area contributed by atoms with Crippen LogP contribution in [0.1, 0.15) is 512 Å². The molecule has 4 nitrogen and oxygen atoms in total. The van der Waals surface area contributed by atoms with Gasteiger partial charge in [0.1, 0.15) is 0 Å². The maximum Gasteiger partial charge on any atom is 0.522 e. The van der Waals surface area contributed by atoms with Crippen LogP contribution in [0.5, 0.6) is 0 Å². The molecule has 4 aromatic rings. The van der Waals surface area contributed by atoms with Crippen molar-refractivity contribution >= 4 is 34.0 Å². The average Bonchev–Trinajstić information content (AvgIpc) is 0.740. The third-order valence-electron chi connectivity index (χ3n) is 24.6. The summed E-state index contributed by atoms with van der Waals surface area (Å²) in [6, 6.07) is 26.7. The van der Waals surface area contributed by atoms with E-state index in [0.29, 0.717) is 0 Å². The molecule has 1 heterocycles.